The number of fused-ring (bicyclic) bond motifs is 1. The minimum Gasteiger partial charge on any atom is -0.372 e. The van der Waals surface area contributed by atoms with E-state index in [1.165, 1.54) is 27.2 Å². The van der Waals surface area contributed by atoms with Gasteiger partial charge >= 0.3 is 0 Å². The van der Waals surface area contributed by atoms with E-state index in [0.29, 0.717) is 0 Å². The highest BCUT2D eigenvalue weighted by molar-refractivity contribution is 7.13. The van der Waals surface area contributed by atoms with Crippen molar-refractivity contribution in [3.05, 3.63) is 23.8 Å². The van der Waals surface area contributed by atoms with Crippen LogP contribution in [0.2, 0.25) is 0 Å². The molecule has 1 aromatic heterocycles. The SMILES string of the molecule is CNc1nsc2ccc(C)cc12. The predicted molar refractivity (Wildman–Crippen MR) is 53.9 cm³/mol. The van der Waals surface area contributed by atoms with Gasteiger partial charge in [-0.15, -0.1) is 0 Å². The average molecular weight is 178 g/mol. The Morgan fingerprint density at radius 3 is 3.00 bits per heavy atom. The summed E-state index contributed by atoms with van der Waals surface area (Å²) < 4.78 is 5.53. The molecule has 1 N–H and O–H groups in total. The van der Waals surface area contributed by atoms with E-state index in [-0.39, 0.29) is 0 Å². The quantitative estimate of drug-likeness (QED) is 0.726. The number of hydrogen-bond donors (Lipinski definition) is 1. The zero-order valence-corrected chi connectivity index (χ0v) is 7.90. The molecule has 0 spiro atoms. The summed E-state index contributed by atoms with van der Waals surface area (Å²) in [6.45, 7) is 2.09. The van der Waals surface area contributed by atoms with Gasteiger partial charge in [0, 0.05) is 12.4 Å². The van der Waals surface area contributed by atoms with E-state index in [9.17, 15) is 0 Å². The second kappa shape index (κ2) is 2.75. The largest absolute Gasteiger partial charge is 0.372 e. The van der Waals surface area contributed by atoms with Gasteiger partial charge in [-0.25, -0.2) is 0 Å². The van der Waals surface area contributed by atoms with Crippen LogP contribution in [0.5, 0.6) is 0 Å². The summed E-state index contributed by atoms with van der Waals surface area (Å²) in [6, 6.07) is 6.38. The van der Waals surface area contributed by atoms with E-state index in [1.807, 2.05) is 7.05 Å². The molecule has 0 aliphatic heterocycles. The third-order valence-corrected chi connectivity index (χ3v) is 2.69. The molecule has 62 valence electrons. The Kier molecular flexibility index (Phi) is 1.73. The number of aromatic nitrogens is 1. The fraction of sp³-hybridized carbons (Fsp3) is 0.222. The molecular formula is C9H10N2S. The lowest BCUT2D eigenvalue weighted by atomic mass is 10.2. The lowest BCUT2D eigenvalue weighted by Gasteiger charge is -1.95. The molecule has 0 aliphatic carbocycles. The maximum absolute atomic E-state index is 4.29. The highest BCUT2D eigenvalue weighted by Gasteiger charge is 2.02. The molecule has 1 aromatic carbocycles. The lowest BCUT2D eigenvalue weighted by Crippen LogP contribution is -1.86. The van der Waals surface area contributed by atoms with Gasteiger partial charge in [0.05, 0.1) is 4.70 Å². The minimum absolute atomic E-state index is 0.985. The van der Waals surface area contributed by atoms with Crippen molar-refractivity contribution in [2.45, 2.75) is 6.92 Å². The Bertz CT molecular complexity index is 406. The number of nitrogens with one attached hydrogen (secondary N) is 1. The van der Waals surface area contributed by atoms with E-state index >= 15 is 0 Å². The molecule has 0 amide bonds. The fourth-order valence-electron chi connectivity index (χ4n) is 1.23. The smallest absolute Gasteiger partial charge is 0.147 e. The molecule has 3 heteroatoms. The van der Waals surface area contributed by atoms with Crippen molar-refractivity contribution in [1.82, 2.24) is 4.37 Å². The average Bonchev–Trinajstić information content (AvgIpc) is 2.46. The van der Waals surface area contributed by atoms with E-state index in [2.05, 4.69) is 34.8 Å². The van der Waals surface area contributed by atoms with Gasteiger partial charge in [0.15, 0.2) is 0 Å². The summed E-state index contributed by atoms with van der Waals surface area (Å²) in [5.41, 5.74) is 1.28. The van der Waals surface area contributed by atoms with Crippen molar-refractivity contribution in [3.63, 3.8) is 0 Å². The molecule has 12 heavy (non-hydrogen) atoms. The van der Waals surface area contributed by atoms with Crippen molar-refractivity contribution >= 4 is 27.4 Å². The van der Waals surface area contributed by atoms with Crippen molar-refractivity contribution in [1.29, 1.82) is 0 Å². The van der Waals surface area contributed by atoms with Crippen LogP contribution in [0.25, 0.3) is 10.1 Å². The summed E-state index contributed by atoms with van der Waals surface area (Å²) in [5.74, 6) is 0.985. The molecular weight excluding hydrogens is 168 g/mol. The van der Waals surface area contributed by atoms with Crippen LogP contribution in [0.3, 0.4) is 0 Å². The third kappa shape index (κ3) is 1.06. The molecule has 0 unspecified atom stereocenters. The van der Waals surface area contributed by atoms with Crippen LogP contribution in [0.15, 0.2) is 18.2 Å². The normalized spacial score (nSPS) is 10.5. The Morgan fingerprint density at radius 2 is 2.25 bits per heavy atom. The predicted octanol–water partition coefficient (Wildman–Crippen LogP) is 2.65. The fourth-order valence-corrected chi connectivity index (χ4v) is 1.99. The van der Waals surface area contributed by atoms with Crippen LogP contribution in [-0.4, -0.2) is 11.4 Å². The van der Waals surface area contributed by atoms with Gasteiger partial charge in [-0.2, -0.15) is 4.37 Å². The summed E-state index contributed by atoms with van der Waals surface area (Å²) >= 11 is 1.53. The van der Waals surface area contributed by atoms with Crippen LogP contribution in [0, 0.1) is 6.92 Å². The number of aryl methyl sites for hydroxylation is 1. The Balaban J connectivity index is 2.75. The van der Waals surface area contributed by atoms with Gasteiger partial charge in [0.1, 0.15) is 5.82 Å². The topological polar surface area (TPSA) is 24.9 Å². The van der Waals surface area contributed by atoms with Gasteiger partial charge in [0.25, 0.3) is 0 Å². The molecule has 0 bridgehead atoms. The maximum atomic E-state index is 4.29. The second-order valence-electron chi connectivity index (χ2n) is 2.78. The molecule has 0 saturated heterocycles. The molecule has 0 radical (unpaired) electrons. The van der Waals surface area contributed by atoms with Crippen LogP contribution in [-0.2, 0) is 0 Å². The highest BCUT2D eigenvalue weighted by Crippen LogP contribution is 2.26. The van der Waals surface area contributed by atoms with E-state index < -0.39 is 0 Å². The zero-order chi connectivity index (χ0) is 8.55. The molecule has 0 fully saturated rings. The lowest BCUT2D eigenvalue weighted by molar-refractivity contribution is 1.44. The van der Waals surface area contributed by atoms with Crippen LogP contribution in [0.4, 0.5) is 5.82 Å². The van der Waals surface area contributed by atoms with E-state index in [1.54, 1.807) is 0 Å². The number of anilines is 1. The molecule has 2 nitrogen and oxygen atoms in total. The summed E-state index contributed by atoms with van der Waals surface area (Å²) in [6.07, 6.45) is 0. The number of benzene rings is 1. The van der Waals surface area contributed by atoms with Crippen molar-refractivity contribution in [2.24, 2.45) is 0 Å². The first-order valence-corrected chi connectivity index (χ1v) is 4.62. The molecule has 0 saturated carbocycles. The van der Waals surface area contributed by atoms with Crippen molar-refractivity contribution in [3.8, 4) is 0 Å². The number of nitrogens with zero attached hydrogens (tertiary/aromatic N) is 1. The van der Waals surface area contributed by atoms with Crippen LogP contribution in [0.1, 0.15) is 5.56 Å². The Labute approximate surface area is 75.4 Å². The van der Waals surface area contributed by atoms with Gasteiger partial charge in [-0.05, 0) is 30.6 Å². The first-order chi connectivity index (χ1) is 5.81. The van der Waals surface area contributed by atoms with Gasteiger partial charge in [-0.3, -0.25) is 0 Å². The number of hydrogen-bond acceptors (Lipinski definition) is 3. The third-order valence-electron chi connectivity index (χ3n) is 1.86. The monoisotopic (exact) mass is 178 g/mol. The van der Waals surface area contributed by atoms with Gasteiger partial charge in [-0.1, -0.05) is 11.6 Å². The molecule has 0 atom stereocenters. The van der Waals surface area contributed by atoms with Crippen molar-refractivity contribution < 1.29 is 0 Å². The first-order valence-electron chi connectivity index (χ1n) is 3.85. The molecule has 2 aromatic rings. The number of rotatable bonds is 1. The summed E-state index contributed by atoms with van der Waals surface area (Å²) in [5, 5.41) is 4.30. The van der Waals surface area contributed by atoms with Gasteiger partial charge in [0.2, 0.25) is 0 Å². The maximum Gasteiger partial charge on any atom is 0.147 e. The first kappa shape index (κ1) is 7.55. The summed E-state index contributed by atoms with van der Waals surface area (Å²) in [4.78, 5) is 0. The standard InChI is InChI=1S/C9H10N2S/c1-6-3-4-8-7(5-6)9(10-2)11-12-8/h3-5H,1-2H3,(H,10,11). The molecule has 2 rings (SSSR count). The van der Waals surface area contributed by atoms with Gasteiger partial charge < -0.3 is 5.32 Å². The van der Waals surface area contributed by atoms with Crippen molar-refractivity contribution in [2.75, 3.05) is 12.4 Å². The second-order valence-corrected chi connectivity index (χ2v) is 3.59. The van der Waals surface area contributed by atoms with Crippen LogP contribution < -0.4 is 5.32 Å². The minimum atomic E-state index is 0.985. The zero-order valence-electron chi connectivity index (χ0n) is 7.09. The highest BCUT2D eigenvalue weighted by atomic mass is 32.1. The Hall–Kier alpha value is -1.09. The van der Waals surface area contributed by atoms with Crippen LogP contribution >= 0.6 is 11.5 Å². The molecule has 1 heterocycles. The van der Waals surface area contributed by atoms with E-state index in [4.69, 9.17) is 0 Å². The Morgan fingerprint density at radius 1 is 1.42 bits per heavy atom. The summed E-state index contributed by atoms with van der Waals surface area (Å²) in [7, 11) is 1.90. The molecule has 0 aliphatic rings. The van der Waals surface area contributed by atoms with E-state index in [0.717, 1.165) is 5.82 Å².